The lowest BCUT2D eigenvalue weighted by Gasteiger charge is -2.09. The molecule has 112 valence electrons. The number of nitrogens with zero attached hydrogens (tertiary/aromatic N) is 2. The molecular formula is C10H8Cl4F2N2OS. The van der Waals surface area contributed by atoms with Gasteiger partial charge < -0.3 is 0 Å². The van der Waals surface area contributed by atoms with Gasteiger partial charge in [-0.2, -0.15) is 8.78 Å². The number of amides is 1. The number of hydrogen-bond acceptors (Lipinski definition) is 3. The Morgan fingerprint density at radius 3 is 2.55 bits per heavy atom. The van der Waals surface area contributed by atoms with Gasteiger partial charge in [-0.1, -0.05) is 11.6 Å². The van der Waals surface area contributed by atoms with Crippen LogP contribution >= 0.6 is 59.0 Å². The van der Waals surface area contributed by atoms with E-state index in [-0.39, 0.29) is 34.1 Å². The molecule has 0 aromatic heterocycles. The molecule has 0 saturated carbocycles. The zero-order valence-corrected chi connectivity index (χ0v) is 13.7. The van der Waals surface area contributed by atoms with Crippen LogP contribution in [-0.2, 0) is 0 Å². The van der Waals surface area contributed by atoms with Gasteiger partial charge in [0.15, 0.2) is 0 Å². The second-order valence-corrected chi connectivity index (χ2v) is 5.86. The van der Waals surface area contributed by atoms with Crippen LogP contribution in [-0.4, -0.2) is 28.4 Å². The highest BCUT2D eigenvalue weighted by Gasteiger charge is 2.27. The van der Waals surface area contributed by atoms with E-state index in [1.54, 1.807) is 0 Å². The van der Waals surface area contributed by atoms with Gasteiger partial charge in [-0.25, -0.2) is 4.99 Å². The van der Waals surface area contributed by atoms with Crippen molar-refractivity contribution in [3.05, 3.63) is 23.2 Å². The summed E-state index contributed by atoms with van der Waals surface area (Å²) in [6.45, 7) is 0. The average Bonchev–Trinajstić information content (AvgIpc) is 2.27. The van der Waals surface area contributed by atoms with Crippen molar-refractivity contribution in [3.8, 4) is 0 Å². The van der Waals surface area contributed by atoms with Gasteiger partial charge >= 0.3 is 10.1 Å². The lowest BCUT2D eigenvalue weighted by molar-refractivity contribution is 0.203. The van der Waals surface area contributed by atoms with E-state index in [1.165, 1.54) is 31.6 Å². The van der Waals surface area contributed by atoms with Crippen molar-refractivity contribution >= 4 is 76.4 Å². The minimum absolute atomic E-state index is 0. The monoisotopic (exact) mass is 382 g/mol. The lowest BCUT2D eigenvalue weighted by Crippen LogP contribution is -2.17. The summed E-state index contributed by atoms with van der Waals surface area (Å²) in [6.07, 6.45) is 1.18. The van der Waals surface area contributed by atoms with Crippen LogP contribution in [0.5, 0.6) is 0 Å². The van der Waals surface area contributed by atoms with Gasteiger partial charge in [-0.15, -0.1) is 12.4 Å². The molecule has 0 spiro atoms. The fourth-order valence-corrected chi connectivity index (χ4v) is 2.10. The van der Waals surface area contributed by atoms with Crippen molar-refractivity contribution in [1.29, 1.82) is 0 Å². The van der Waals surface area contributed by atoms with E-state index >= 15 is 0 Å². The normalized spacial score (nSPS) is 11.3. The zero-order chi connectivity index (χ0) is 14.6. The van der Waals surface area contributed by atoms with E-state index in [9.17, 15) is 13.6 Å². The third-order valence-corrected chi connectivity index (χ3v) is 3.53. The quantitative estimate of drug-likeness (QED) is 0.169. The maximum absolute atomic E-state index is 12.6. The van der Waals surface area contributed by atoms with E-state index < -0.39 is 10.1 Å². The summed E-state index contributed by atoms with van der Waals surface area (Å²) in [7, 11) is 1.42. The van der Waals surface area contributed by atoms with E-state index in [2.05, 4.69) is 4.99 Å². The number of benzene rings is 1. The Bertz CT molecular complexity index is 511. The Balaban J connectivity index is 0.00000361. The van der Waals surface area contributed by atoms with E-state index in [0.717, 1.165) is 4.90 Å². The molecule has 1 aromatic rings. The fraction of sp³-hybridized carbons (Fsp3) is 0.200. The number of hydrogen-bond donors (Lipinski definition) is 0. The molecule has 3 nitrogen and oxygen atoms in total. The summed E-state index contributed by atoms with van der Waals surface area (Å²) in [6, 6.07) is 4.19. The van der Waals surface area contributed by atoms with Crippen LogP contribution < -0.4 is 0 Å². The molecule has 0 aliphatic heterocycles. The van der Waals surface area contributed by atoms with Gasteiger partial charge in [-0.05, 0) is 53.2 Å². The number of thioether (sulfide) groups is 1. The second-order valence-electron chi connectivity index (χ2n) is 3.27. The minimum Gasteiger partial charge on any atom is -0.292 e. The summed E-state index contributed by atoms with van der Waals surface area (Å²) < 4.78 is 21.8. The first-order valence-electron chi connectivity index (χ1n) is 4.71. The van der Waals surface area contributed by atoms with Crippen molar-refractivity contribution in [2.45, 2.75) is 9.61 Å². The molecule has 0 aliphatic rings. The third-order valence-electron chi connectivity index (χ3n) is 1.80. The molecule has 0 aliphatic carbocycles. The summed E-state index contributed by atoms with van der Waals surface area (Å²) in [5.41, 5.74) is 0.386. The van der Waals surface area contributed by atoms with Gasteiger partial charge in [0.1, 0.15) is 0 Å². The van der Waals surface area contributed by atoms with Crippen LogP contribution in [0.3, 0.4) is 0 Å². The zero-order valence-electron chi connectivity index (χ0n) is 9.82. The average molecular weight is 384 g/mol. The van der Waals surface area contributed by atoms with Gasteiger partial charge in [-0.3, -0.25) is 9.69 Å². The summed E-state index contributed by atoms with van der Waals surface area (Å²) in [4.78, 5) is 15.8. The first-order chi connectivity index (χ1) is 8.69. The first-order valence-corrected chi connectivity index (χ1v) is 6.66. The molecule has 20 heavy (non-hydrogen) atoms. The largest absolute Gasteiger partial charge is 0.375 e. The topological polar surface area (TPSA) is 32.7 Å². The number of carbonyl (C=O) groups is 1. The molecule has 1 aromatic carbocycles. The van der Waals surface area contributed by atoms with Crippen LogP contribution in [0.2, 0.25) is 5.02 Å². The number of alkyl halides is 3. The lowest BCUT2D eigenvalue weighted by atomic mass is 10.3. The Morgan fingerprint density at radius 2 is 2.10 bits per heavy atom. The van der Waals surface area contributed by atoms with Crippen LogP contribution in [0.4, 0.5) is 19.3 Å². The summed E-state index contributed by atoms with van der Waals surface area (Å²) in [5.74, 6) is 0. The number of halogens is 6. The summed E-state index contributed by atoms with van der Waals surface area (Å²) in [5, 5.41) is -0.622. The van der Waals surface area contributed by atoms with Crippen LogP contribution in [0.1, 0.15) is 0 Å². The highest BCUT2D eigenvalue weighted by atomic mass is 35.5. The second kappa shape index (κ2) is 8.24. The Hall–Kier alpha value is -0.270. The molecule has 0 N–H and O–H groups in total. The smallest absolute Gasteiger partial charge is 0.292 e. The highest BCUT2D eigenvalue weighted by molar-refractivity contribution is 8.01. The maximum Gasteiger partial charge on any atom is 0.375 e. The number of carbonyl (C=O) groups excluding carboxylic acids is 1. The molecule has 0 heterocycles. The van der Waals surface area contributed by atoms with Gasteiger partial charge in [0.05, 0.1) is 17.0 Å². The molecule has 1 rings (SSSR count). The molecular weight excluding hydrogens is 376 g/mol. The molecule has 0 fully saturated rings. The molecule has 0 unspecified atom stereocenters. The Labute approximate surface area is 139 Å². The molecule has 10 heteroatoms. The standard InChI is InChI=1S/C10H7Cl3F2N2OS.ClH/c1-17(9(12)18)5-16-6-2-3-8(7(11)4-6)19-10(13,14)15;/h2-5H,1H3;1H. The van der Waals surface area contributed by atoms with Crippen molar-refractivity contribution in [3.63, 3.8) is 0 Å². The highest BCUT2D eigenvalue weighted by Crippen LogP contribution is 2.42. The van der Waals surface area contributed by atoms with Crippen LogP contribution in [0, 0.1) is 0 Å². The van der Waals surface area contributed by atoms with Crippen molar-refractivity contribution in [1.82, 2.24) is 4.90 Å². The Morgan fingerprint density at radius 1 is 1.50 bits per heavy atom. The third kappa shape index (κ3) is 6.95. The molecule has 0 radical (unpaired) electrons. The number of aliphatic imine (C=N–C) groups is 1. The van der Waals surface area contributed by atoms with E-state index in [0.29, 0.717) is 5.69 Å². The molecule has 0 saturated heterocycles. The van der Waals surface area contributed by atoms with Crippen molar-refractivity contribution < 1.29 is 13.6 Å². The van der Waals surface area contributed by atoms with Crippen LogP contribution in [0.15, 0.2) is 28.1 Å². The predicted molar refractivity (Wildman–Crippen MR) is 82.5 cm³/mol. The van der Waals surface area contributed by atoms with Crippen LogP contribution in [0.25, 0.3) is 0 Å². The summed E-state index contributed by atoms with van der Waals surface area (Å²) >= 11 is 15.9. The van der Waals surface area contributed by atoms with Gasteiger partial charge in [0.25, 0.3) is 0 Å². The molecule has 0 atom stereocenters. The predicted octanol–water partition coefficient (Wildman–Crippen LogP) is 5.59. The molecule has 0 bridgehead atoms. The Kier molecular flexibility index (Phi) is 8.13. The maximum atomic E-state index is 12.6. The number of rotatable bonds is 4. The first kappa shape index (κ1) is 19.7. The molecule has 1 amide bonds. The van der Waals surface area contributed by atoms with Gasteiger partial charge in [0.2, 0.25) is 0 Å². The van der Waals surface area contributed by atoms with Crippen molar-refractivity contribution in [2.75, 3.05) is 7.05 Å². The fourth-order valence-electron chi connectivity index (χ4n) is 0.976. The van der Waals surface area contributed by atoms with Gasteiger partial charge in [0, 0.05) is 11.9 Å². The SMILES string of the molecule is CN(C=Nc1ccc(SC(F)(F)Cl)c(Cl)c1)C(=O)Cl.Cl. The minimum atomic E-state index is -3.43. The van der Waals surface area contributed by atoms with E-state index in [1.807, 2.05) is 0 Å². The van der Waals surface area contributed by atoms with E-state index in [4.69, 9.17) is 34.8 Å². The van der Waals surface area contributed by atoms with Crippen molar-refractivity contribution in [2.24, 2.45) is 4.99 Å².